The van der Waals surface area contributed by atoms with Gasteiger partial charge >= 0.3 is 0 Å². The zero-order chi connectivity index (χ0) is 13.7. The first-order valence-electron chi connectivity index (χ1n) is 7.49. The van der Waals surface area contributed by atoms with Crippen LogP contribution in [0.1, 0.15) is 44.6 Å². The number of aromatic nitrogens is 2. The average molecular weight is 265 g/mol. The largest absolute Gasteiger partial charge is 0.380 e. The summed E-state index contributed by atoms with van der Waals surface area (Å²) in [7, 11) is 0. The Balaban J connectivity index is 1.72. The molecule has 1 fully saturated rings. The van der Waals surface area contributed by atoms with Crippen molar-refractivity contribution >= 4 is 0 Å². The van der Waals surface area contributed by atoms with E-state index in [1.54, 1.807) is 0 Å². The smallest absolute Gasteiger partial charge is 0.105 e. The molecule has 0 unspecified atom stereocenters. The Bertz CT molecular complexity index is 383. The van der Waals surface area contributed by atoms with E-state index in [0.29, 0.717) is 5.92 Å². The number of nitrogens with one attached hydrogen (secondary N) is 1. The normalized spacial score (nSPS) is 15.4. The lowest BCUT2D eigenvalue weighted by Crippen LogP contribution is -2.19. The van der Waals surface area contributed by atoms with Crippen molar-refractivity contribution in [2.24, 2.45) is 5.92 Å². The van der Waals surface area contributed by atoms with E-state index in [1.165, 1.54) is 18.5 Å². The Hall–Kier alpha value is -0.870. The van der Waals surface area contributed by atoms with Gasteiger partial charge in [-0.1, -0.05) is 13.8 Å². The Kier molecular flexibility index (Phi) is 5.40. The standard InChI is InChI=1S/C15H27N3O/c1-12(2)6-8-19-9-7-18-13(3)16-10-15(18)11-17-14-4-5-14/h10,12,14,17H,4-9,11H2,1-3H3. The first-order chi connectivity index (χ1) is 9.16. The fourth-order valence-electron chi connectivity index (χ4n) is 2.07. The molecule has 0 aliphatic heterocycles. The summed E-state index contributed by atoms with van der Waals surface area (Å²) >= 11 is 0. The zero-order valence-electron chi connectivity index (χ0n) is 12.5. The van der Waals surface area contributed by atoms with Gasteiger partial charge in [-0.25, -0.2) is 4.98 Å². The molecule has 0 spiro atoms. The quantitative estimate of drug-likeness (QED) is 0.697. The highest BCUT2D eigenvalue weighted by molar-refractivity contribution is 5.05. The Morgan fingerprint density at radius 2 is 2.21 bits per heavy atom. The van der Waals surface area contributed by atoms with Crippen LogP contribution in [-0.4, -0.2) is 28.8 Å². The molecule has 108 valence electrons. The van der Waals surface area contributed by atoms with Crippen molar-refractivity contribution in [1.82, 2.24) is 14.9 Å². The fraction of sp³-hybridized carbons (Fsp3) is 0.800. The summed E-state index contributed by atoms with van der Waals surface area (Å²) in [6.45, 7) is 10.00. The van der Waals surface area contributed by atoms with Gasteiger partial charge in [-0.15, -0.1) is 0 Å². The fourth-order valence-corrected chi connectivity index (χ4v) is 2.07. The number of hydrogen-bond acceptors (Lipinski definition) is 3. The molecule has 1 saturated carbocycles. The number of ether oxygens (including phenoxy) is 1. The topological polar surface area (TPSA) is 39.1 Å². The molecule has 19 heavy (non-hydrogen) atoms. The molecule has 0 bridgehead atoms. The maximum Gasteiger partial charge on any atom is 0.105 e. The summed E-state index contributed by atoms with van der Waals surface area (Å²) in [5, 5.41) is 3.54. The van der Waals surface area contributed by atoms with Crippen LogP contribution in [0.3, 0.4) is 0 Å². The molecular weight excluding hydrogens is 238 g/mol. The molecule has 2 rings (SSSR count). The van der Waals surface area contributed by atoms with Crippen molar-refractivity contribution in [3.8, 4) is 0 Å². The highest BCUT2D eigenvalue weighted by Crippen LogP contribution is 2.19. The minimum Gasteiger partial charge on any atom is -0.380 e. The van der Waals surface area contributed by atoms with Crippen molar-refractivity contribution in [3.63, 3.8) is 0 Å². The Morgan fingerprint density at radius 1 is 1.42 bits per heavy atom. The van der Waals surface area contributed by atoms with E-state index in [2.05, 4.69) is 35.6 Å². The van der Waals surface area contributed by atoms with Gasteiger partial charge < -0.3 is 14.6 Å². The number of aryl methyl sites for hydroxylation is 1. The predicted molar refractivity (Wildman–Crippen MR) is 77.1 cm³/mol. The number of hydrogen-bond donors (Lipinski definition) is 1. The predicted octanol–water partition coefficient (Wildman–Crippen LogP) is 2.51. The van der Waals surface area contributed by atoms with Crippen LogP contribution in [0.4, 0.5) is 0 Å². The molecule has 0 radical (unpaired) electrons. The third-order valence-electron chi connectivity index (χ3n) is 3.59. The lowest BCUT2D eigenvalue weighted by molar-refractivity contribution is 0.115. The number of nitrogens with zero attached hydrogens (tertiary/aromatic N) is 2. The summed E-state index contributed by atoms with van der Waals surface area (Å²) in [6, 6.07) is 0.742. The van der Waals surface area contributed by atoms with Gasteiger partial charge in [0.1, 0.15) is 5.82 Å². The van der Waals surface area contributed by atoms with E-state index in [4.69, 9.17) is 4.74 Å². The second kappa shape index (κ2) is 7.06. The van der Waals surface area contributed by atoms with Gasteiger partial charge in [-0.3, -0.25) is 0 Å². The van der Waals surface area contributed by atoms with Gasteiger partial charge in [0, 0.05) is 31.9 Å². The van der Waals surface area contributed by atoms with Crippen LogP contribution in [0.2, 0.25) is 0 Å². The molecule has 1 aromatic rings. The van der Waals surface area contributed by atoms with Crippen LogP contribution in [0.25, 0.3) is 0 Å². The van der Waals surface area contributed by atoms with E-state index in [9.17, 15) is 0 Å². The van der Waals surface area contributed by atoms with Crippen LogP contribution in [0, 0.1) is 12.8 Å². The van der Waals surface area contributed by atoms with Crippen LogP contribution in [-0.2, 0) is 17.8 Å². The third-order valence-corrected chi connectivity index (χ3v) is 3.59. The van der Waals surface area contributed by atoms with Gasteiger partial charge in [0.05, 0.1) is 12.3 Å². The van der Waals surface area contributed by atoms with Crippen molar-refractivity contribution in [1.29, 1.82) is 0 Å². The summed E-state index contributed by atoms with van der Waals surface area (Å²) in [4.78, 5) is 4.41. The summed E-state index contributed by atoms with van der Waals surface area (Å²) in [6.07, 6.45) is 5.77. The van der Waals surface area contributed by atoms with E-state index in [-0.39, 0.29) is 0 Å². The lowest BCUT2D eigenvalue weighted by Gasteiger charge is -2.12. The van der Waals surface area contributed by atoms with Gasteiger partial charge in [0.25, 0.3) is 0 Å². The third kappa shape index (κ3) is 4.96. The highest BCUT2D eigenvalue weighted by Gasteiger charge is 2.20. The molecule has 4 heteroatoms. The van der Waals surface area contributed by atoms with Crippen molar-refractivity contribution in [3.05, 3.63) is 17.7 Å². The monoisotopic (exact) mass is 265 g/mol. The van der Waals surface area contributed by atoms with Crippen molar-refractivity contribution in [2.45, 2.75) is 59.2 Å². The van der Waals surface area contributed by atoms with Crippen LogP contribution in [0.5, 0.6) is 0 Å². The summed E-state index contributed by atoms with van der Waals surface area (Å²) in [5.41, 5.74) is 1.27. The first-order valence-corrected chi connectivity index (χ1v) is 7.49. The van der Waals surface area contributed by atoms with Crippen LogP contribution in [0.15, 0.2) is 6.20 Å². The molecule has 0 aromatic carbocycles. The van der Waals surface area contributed by atoms with Crippen LogP contribution < -0.4 is 5.32 Å². The minimum atomic E-state index is 0.716. The van der Waals surface area contributed by atoms with Crippen molar-refractivity contribution in [2.75, 3.05) is 13.2 Å². The van der Waals surface area contributed by atoms with Gasteiger partial charge in [0.2, 0.25) is 0 Å². The molecule has 0 amide bonds. The first kappa shape index (κ1) is 14.5. The number of imidazole rings is 1. The molecule has 1 N–H and O–H groups in total. The van der Waals surface area contributed by atoms with Gasteiger partial charge in [0.15, 0.2) is 0 Å². The van der Waals surface area contributed by atoms with E-state index < -0.39 is 0 Å². The zero-order valence-corrected chi connectivity index (χ0v) is 12.5. The maximum absolute atomic E-state index is 5.70. The molecule has 0 atom stereocenters. The Labute approximate surface area is 116 Å². The van der Waals surface area contributed by atoms with E-state index in [0.717, 1.165) is 44.6 Å². The molecule has 1 aromatic heterocycles. The molecule has 1 aliphatic rings. The van der Waals surface area contributed by atoms with Crippen LogP contribution >= 0.6 is 0 Å². The van der Waals surface area contributed by atoms with Gasteiger partial charge in [-0.2, -0.15) is 0 Å². The second-order valence-electron chi connectivity index (χ2n) is 5.90. The molecule has 0 saturated heterocycles. The number of rotatable bonds is 9. The summed E-state index contributed by atoms with van der Waals surface area (Å²) in [5.74, 6) is 1.80. The molecule has 1 heterocycles. The summed E-state index contributed by atoms with van der Waals surface area (Å²) < 4.78 is 7.97. The molecular formula is C15H27N3O. The Morgan fingerprint density at radius 3 is 2.89 bits per heavy atom. The second-order valence-corrected chi connectivity index (χ2v) is 5.90. The van der Waals surface area contributed by atoms with Crippen molar-refractivity contribution < 1.29 is 4.74 Å². The van der Waals surface area contributed by atoms with E-state index in [1.807, 2.05) is 6.20 Å². The molecule has 4 nitrogen and oxygen atoms in total. The average Bonchev–Trinajstić information content (AvgIpc) is 3.13. The minimum absolute atomic E-state index is 0.716. The molecule has 1 aliphatic carbocycles. The van der Waals surface area contributed by atoms with E-state index >= 15 is 0 Å². The van der Waals surface area contributed by atoms with Gasteiger partial charge in [-0.05, 0) is 32.1 Å². The SMILES string of the molecule is Cc1ncc(CNC2CC2)n1CCOCCC(C)C. The highest BCUT2D eigenvalue weighted by atomic mass is 16.5. The lowest BCUT2D eigenvalue weighted by atomic mass is 10.1. The maximum atomic E-state index is 5.70.